The van der Waals surface area contributed by atoms with Crippen LogP contribution in [0.5, 0.6) is 0 Å². The fourth-order valence-electron chi connectivity index (χ4n) is 3.37. The Bertz CT molecular complexity index is 1060. The zero-order chi connectivity index (χ0) is 22.9. The molecule has 1 amide bonds. The molecule has 3 aromatic rings. The Balaban J connectivity index is 0.00000289. The standard InChI is InChI=1S/C25H27NO4S2.Li.H/c1-17-5-3-4-6-20(17)22-13-18(14-30-15-19-9-12-32-16-19)7-8-21(22)24(27)26-23(25(28)29)10-11-31-2;;/h3-9,12-13,16,23H,10-11,14-15H2,1-2H3,(H,26,27)(H,28,29);;/q;+1;-1. The van der Waals surface area contributed by atoms with Crippen LogP contribution in [0.3, 0.4) is 0 Å². The number of rotatable bonds is 11. The molecule has 0 aliphatic rings. The van der Waals surface area contributed by atoms with E-state index in [-0.39, 0.29) is 26.2 Å². The number of aliphatic carboxylic acids is 1. The summed E-state index contributed by atoms with van der Waals surface area (Å²) in [6.45, 7) is 2.94. The third-order valence-electron chi connectivity index (χ3n) is 5.10. The van der Waals surface area contributed by atoms with Gasteiger partial charge in [0.1, 0.15) is 6.04 Å². The summed E-state index contributed by atoms with van der Waals surface area (Å²) in [5.74, 6) is -0.756. The first kappa shape index (κ1) is 27.2. The molecule has 8 heteroatoms. The van der Waals surface area contributed by atoms with E-state index in [0.717, 1.165) is 27.8 Å². The maximum Gasteiger partial charge on any atom is 1.00 e. The summed E-state index contributed by atoms with van der Waals surface area (Å²) in [5.41, 5.74) is 5.29. The monoisotopic (exact) mass is 477 g/mol. The fourth-order valence-corrected chi connectivity index (χ4v) is 4.49. The molecule has 170 valence electrons. The van der Waals surface area contributed by atoms with Gasteiger partial charge >= 0.3 is 24.8 Å². The average molecular weight is 478 g/mol. The molecule has 0 bridgehead atoms. The zero-order valence-electron chi connectivity index (χ0n) is 20.2. The SMILES string of the molecule is CSCCC(NC(=O)c1ccc(COCc2ccsc2)cc1-c1ccccc1C)C(=O)O.[H-].[Li+]. The maximum atomic E-state index is 13.1. The molecule has 0 aliphatic heterocycles. The smallest absolute Gasteiger partial charge is 1.00 e. The van der Waals surface area contributed by atoms with E-state index in [2.05, 4.69) is 10.7 Å². The largest absolute Gasteiger partial charge is 1.00 e. The van der Waals surface area contributed by atoms with Crippen molar-refractivity contribution < 1.29 is 39.7 Å². The van der Waals surface area contributed by atoms with Gasteiger partial charge in [-0.3, -0.25) is 4.79 Å². The van der Waals surface area contributed by atoms with E-state index in [4.69, 9.17) is 4.74 Å². The molecule has 0 aliphatic carbocycles. The number of carboxylic acid groups (broad SMARTS) is 1. The molecule has 2 N–H and O–H groups in total. The number of nitrogens with one attached hydrogen (secondary N) is 1. The quantitative estimate of drug-likeness (QED) is 0.415. The number of thiophene rings is 1. The summed E-state index contributed by atoms with van der Waals surface area (Å²) < 4.78 is 5.85. The molecular formula is C25H28LiNO4S2. The normalized spacial score (nSPS) is 11.5. The van der Waals surface area contributed by atoms with Crippen LogP contribution in [0, 0.1) is 6.92 Å². The molecule has 1 heterocycles. The minimum absolute atomic E-state index is 0. The molecule has 1 unspecified atom stereocenters. The van der Waals surface area contributed by atoms with Crippen molar-refractivity contribution in [1.29, 1.82) is 0 Å². The first-order chi connectivity index (χ1) is 15.5. The molecule has 1 atom stereocenters. The van der Waals surface area contributed by atoms with Crippen LogP contribution in [0.4, 0.5) is 0 Å². The predicted molar refractivity (Wildman–Crippen MR) is 132 cm³/mol. The second-order valence-corrected chi connectivity index (χ2v) is 9.23. The molecule has 33 heavy (non-hydrogen) atoms. The van der Waals surface area contributed by atoms with Gasteiger partial charge in [-0.15, -0.1) is 0 Å². The minimum Gasteiger partial charge on any atom is -1.00 e. The molecule has 0 saturated carbocycles. The van der Waals surface area contributed by atoms with E-state index in [1.807, 2.05) is 61.0 Å². The van der Waals surface area contributed by atoms with Crippen LogP contribution in [0.2, 0.25) is 0 Å². The summed E-state index contributed by atoms with van der Waals surface area (Å²) >= 11 is 3.19. The topological polar surface area (TPSA) is 75.6 Å². The molecular weight excluding hydrogens is 449 g/mol. The average Bonchev–Trinajstić information content (AvgIpc) is 3.30. The van der Waals surface area contributed by atoms with Crippen LogP contribution in [-0.4, -0.2) is 35.0 Å². The van der Waals surface area contributed by atoms with E-state index in [1.54, 1.807) is 29.2 Å². The van der Waals surface area contributed by atoms with E-state index < -0.39 is 12.0 Å². The van der Waals surface area contributed by atoms with E-state index >= 15 is 0 Å². The number of carbonyl (C=O) groups excluding carboxylic acids is 1. The Morgan fingerprint density at radius 2 is 1.88 bits per heavy atom. The van der Waals surface area contributed by atoms with Gasteiger partial charge in [0.05, 0.1) is 13.2 Å². The molecule has 0 saturated heterocycles. The van der Waals surface area contributed by atoms with Crippen molar-refractivity contribution in [2.45, 2.75) is 32.6 Å². The summed E-state index contributed by atoms with van der Waals surface area (Å²) in [7, 11) is 0. The number of hydrogen-bond acceptors (Lipinski definition) is 5. The number of carboxylic acids is 1. The number of amides is 1. The number of ether oxygens (including phenoxy) is 1. The van der Waals surface area contributed by atoms with Gasteiger partial charge in [-0.2, -0.15) is 23.1 Å². The van der Waals surface area contributed by atoms with Crippen molar-refractivity contribution in [2.75, 3.05) is 12.0 Å². The van der Waals surface area contributed by atoms with Crippen molar-refractivity contribution in [3.05, 3.63) is 81.5 Å². The second kappa shape index (κ2) is 13.6. The van der Waals surface area contributed by atoms with Gasteiger partial charge in [0, 0.05) is 5.56 Å². The maximum absolute atomic E-state index is 13.1. The molecule has 2 aromatic carbocycles. The molecule has 0 spiro atoms. The van der Waals surface area contributed by atoms with Crippen LogP contribution in [0.25, 0.3) is 11.1 Å². The molecule has 5 nitrogen and oxygen atoms in total. The third-order valence-corrected chi connectivity index (χ3v) is 6.47. The van der Waals surface area contributed by atoms with Gasteiger partial charge in [-0.05, 0) is 82.1 Å². The van der Waals surface area contributed by atoms with Crippen LogP contribution in [-0.2, 0) is 22.7 Å². The van der Waals surface area contributed by atoms with Gasteiger partial charge in [-0.1, -0.05) is 30.3 Å². The number of thioether (sulfide) groups is 1. The summed E-state index contributed by atoms with van der Waals surface area (Å²) in [6.07, 6.45) is 2.28. The zero-order valence-corrected chi connectivity index (χ0v) is 20.8. The number of benzene rings is 2. The molecule has 3 rings (SSSR count). The Morgan fingerprint density at radius 3 is 2.55 bits per heavy atom. The van der Waals surface area contributed by atoms with Crippen molar-refractivity contribution in [3.63, 3.8) is 0 Å². The van der Waals surface area contributed by atoms with Crippen LogP contribution < -0.4 is 24.2 Å². The Labute approximate surface area is 216 Å². The third kappa shape index (κ3) is 7.77. The van der Waals surface area contributed by atoms with Crippen molar-refractivity contribution in [1.82, 2.24) is 5.32 Å². The van der Waals surface area contributed by atoms with Crippen molar-refractivity contribution in [3.8, 4) is 11.1 Å². The summed E-state index contributed by atoms with van der Waals surface area (Å²) in [6, 6.07) is 14.5. The van der Waals surface area contributed by atoms with Gasteiger partial charge in [-0.25, -0.2) is 4.79 Å². The summed E-state index contributed by atoms with van der Waals surface area (Å²) in [4.78, 5) is 24.7. The van der Waals surface area contributed by atoms with Crippen LogP contribution in [0.15, 0.2) is 59.3 Å². The number of hydrogen-bond donors (Lipinski definition) is 2. The van der Waals surface area contributed by atoms with Gasteiger partial charge in [0.25, 0.3) is 5.91 Å². The van der Waals surface area contributed by atoms with Crippen molar-refractivity contribution in [2.24, 2.45) is 0 Å². The first-order valence-corrected chi connectivity index (χ1v) is 12.6. The Kier molecular flexibility index (Phi) is 11.3. The van der Waals surface area contributed by atoms with E-state index in [0.29, 0.717) is 31.0 Å². The Morgan fingerprint density at radius 1 is 1.12 bits per heavy atom. The van der Waals surface area contributed by atoms with Crippen LogP contribution in [0.1, 0.15) is 34.9 Å². The fraction of sp³-hybridized carbons (Fsp3) is 0.280. The van der Waals surface area contributed by atoms with Gasteiger partial charge in [0.2, 0.25) is 0 Å². The van der Waals surface area contributed by atoms with E-state index in [9.17, 15) is 14.7 Å². The number of carbonyl (C=O) groups is 2. The molecule has 0 radical (unpaired) electrons. The van der Waals surface area contributed by atoms with E-state index in [1.165, 1.54) is 0 Å². The summed E-state index contributed by atoms with van der Waals surface area (Å²) in [5, 5.41) is 16.3. The predicted octanol–water partition coefficient (Wildman–Crippen LogP) is 2.49. The van der Waals surface area contributed by atoms with Gasteiger partial charge < -0.3 is 16.6 Å². The van der Waals surface area contributed by atoms with Gasteiger partial charge in [0.15, 0.2) is 0 Å². The van der Waals surface area contributed by atoms with Crippen LogP contribution >= 0.6 is 23.1 Å². The number of aryl methyl sites for hydroxylation is 1. The van der Waals surface area contributed by atoms with Crippen molar-refractivity contribution >= 4 is 35.0 Å². The second-order valence-electron chi connectivity index (χ2n) is 7.47. The minimum atomic E-state index is -1.02. The first-order valence-electron chi connectivity index (χ1n) is 10.3. The molecule has 1 aromatic heterocycles. The molecule has 0 fully saturated rings. The Hall–Kier alpha value is -2.01.